The molecule has 1 fully saturated rings. The van der Waals surface area contributed by atoms with E-state index in [2.05, 4.69) is 9.97 Å². The van der Waals surface area contributed by atoms with Gasteiger partial charge in [-0.2, -0.15) is 0 Å². The summed E-state index contributed by atoms with van der Waals surface area (Å²) in [6, 6.07) is 7.12. The van der Waals surface area contributed by atoms with E-state index in [9.17, 15) is 9.90 Å². The number of aromatic hydroxyl groups is 1. The van der Waals surface area contributed by atoms with Gasteiger partial charge in [0.05, 0.1) is 0 Å². The number of hydrogen-bond acceptors (Lipinski definition) is 4. The molecule has 1 aliphatic carbocycles. The monoisotopic (exact) mass is 269 g/mol. The van der Waals surface area contributed by atoms with Crippen LogP contribution in [-0.2, 0) is 6.54 Å². The summed E-state index contributed by atoms with van der Waals surface area (Å²) in [7, 11) is 0. The summed E-state index contributed by atoms with van der Waals surface area (Å²) in [5.41, 5.74) is 1.09. The van der Waals surface area contributed by atoms with Gasteiger partial charge >= 0.3 is 0 Å². The molecule has 1 amide bonds. The van der Waals surface area contributed by atoms with E-state index < -0.39 is 0 Å². The first-order valence-corrected chi connectivity index (χ1v) is 6.59. The first kappa shape index (κ1) is 12.6. The van der Waals surface area contributed by atoms with Crippen LogP contribution in [-0.4, -0.2) is 31.9 Å². The third kappa shape index (κ3) is 2.61. The van der Waals surface area contributed by atoms with Crippen molar-refractivity contribution >= 4 is 5.91 Å². The van der Waals surface area contributed by atoms with E-state index in [1.807, 2.05) is 12.1 Å². The molecule has 5 heteroatoms. The molecule has 1 saturated carbocycles. The van der Waals surface area contributed by atoms with E-state index in [4.69, 9.17) is 0 Å². The molecule has 0 atom stereocenters. The molecule has 0 saturated heterocycles. The molecule has 3 rings (SSSR count). The van der Waals surface area contributed by atoms with Crippen molar-refractivity contribution in [2.24, 2.45) is 0 Å². The first-order chi connectivity index (χ1) is 9.75. The normalized spacial score (nSPS) is 14.0. The molecule has 20 heavy (non-hydrogen) atoms. The number of rotatable bonds is 4. The molecule has 102 valence electrons. The van der Waals surface area contributed by atoms with Crippen LogP contribution in [0.3, 0.4) is 0 Å². The molecular weight excluding hydrogens is 254 g/mol. The Bertz CT molecular complexity index is 612. The van der Waals surface area contributed by atoms with Gasteiger partial charge in [0.15, 0.2) is 5.69 Å². The lowest BCUT2D eigenvalue weighted by Gasteiger charge is -2.22. The lowest BCUT2D eigenvalue weighted by Crippen LogP contribution is -2.33. The molecule has 0 spiro atoms. The molecule has 2 heterocycles. The Kier molecular flexibility index (Phi) is 3.33. The molecular formula is C15H15N3O2. The number of pyridine rings is 2. The molecule has 2 aromatic rings. The number of aromatic nitrogens is 2. The predicted molar refractivity (Wildman–Crippen MR) is 73.0 cm³/mol. The lowest BCUT2D eigenvalue weighted by atomic mass is 10.2. The maximum absolute atomic E-state index is 12.5. The Morgan fingerprint density at radius 3 is 2.75 bits per heavy atom. The standard InChI is InChI=1S/C15H15N3O2/c19-13-4-2-8-17-14(13)15(20)18(12-5-6-12)10-11-3-1-7-16-9-11/h1-4,7-9,12,19H,5-6,10H2. The Labute approximate surface area is 116 Å². The molecule has 1 aliphatic rings. The summed E-state index contributed by atoms with van der Waals surface area (Å²) in [4.78, 5) is 22.4. The van der Waals surface area contributed by atoms with E-state index in [0.29, 0.717) is 6.54 Å². The maximum Gasteiger partial charge on any atom is 0.276 e. The number of carbonyl (C=O) groups excluding carboxylic acids is 1. The average Bonchev–Trinajstić information content (AvgIpc) is 3.30. The minimum atomic E-state index is -0.227. The molecule has 0 aliphatic heterocycles. The van der Waals surface area contributed by atoms with Crippen molar-refractivity contribution in [2.75, 3.05) is 0 Å². The summed E-state index contributed by atoms with van der Waals surface area (Å²) >= 11 is 0. The fourth-order valence-electron chi connectivity index (χ4n) is 2.14. The van der Waals surface area contributed by atoms with Crippen molar-refractivity contribution in [1.29, 1.82) is 0 Å². The largest absolute Gasteiger partial charge is 0.505 e. The molecule has 0 aromatic carbocycles. The lowest BCUT2D eigenvalue weighted by molar-refractivity contribution is 0.0720. The Hall–Kier alpha value is -2.43. The number of hydrogen-bond donors (Lipinski definition) is 1. The number of carbonyl (C=O) groups is 1. The highest BCUT2D eigenvalue weighted by atomic mass is 16.3. The third-order valence-electron chi connectivity index (χ3n) is 3.31. The van der Waals surface area contributed by atoms with Crippen molar-refractivity contribution in [3.63, 3.8) is 0 Å². The highest BCUT2D eigenvalue weighted by molar-refractivity contribution is 5.95. The zero-order chi connectivity index (χ0) is 13.9. The van der Waals surface area contributed by atoms with Gasteiger partial charge < -0.3 is 10.0 Å². The molecule has 2 aromatic heterocycles. The summed E-state index contributed by atoms with van der Waals surface area (Å²) in [5, 5.41) is 9.78. The SMILES string of the molecule is O=C(c1ncccc1O)N(Cc1cccnc1)C1CC1. The minimum absolute atomic E-state index is 0.0747. The molecule has 0 unspecified atom stereocenters. The van der Waals surface area contributed by atoms with Gasteiger partial charge in [-0.3, -0.25) is 9.78 Å². The van der Waals surface area contributed by atoms with Gasteiger partial charge in [-0.05, 0) is 36.6 Å². The van der Waals surface area contributed by atoms with Crippen molar-refractivity contribution < 1.29 is 9.90 Å². The van der Waals surface area contributed by atoms with Crippen molar-refractivity contribution in [1.82, 2.24) is 14.9 Å². The van der Waals surface area contributed by atoms with E-state index in [1.165, 1.54) is 12.3 Å². The third-order valence-corrected chi connectivity index (χ3v) is 3.31. The Morgan fingerprint density at radius 1 is 1.30 bits per heavy atom. The molecule has 0 radical (unpaired) electrons. The van der Waals surface area contributed by atoms with Crippen molar-refractivity contribution in [3.8, 4) is 5.75 Å². The van der Waals surface area contributed by atoms with Gasteiger partial charge in [0.2, 0.25) is 0 Å². The maximum atomic E-state index is 12.5. The molecule has 1 N–H and O–H groups in total. The highest BCUT2D eigenvalue weighted by Crippen LogP contribution is 2.30. The zero-order valence-corrected chi connectivity index (χ0v) is 10.9. The van der Waals surface area contributed by atoms with Crippen molar-refractivity contribution in [2.45, 2.75) is 25.4 Å². The summed E-state index contributed by atoms with van der Waals surface area (Å²) in [6.45, 7) is 0.493. The second-order valence-electron chi connectivity index (χ2n) is 4.90. The van der Waals surface area contributed by atoms with Gasteiger partial charge in [-0.25, -0.2) is 4.98 Å². The average molecular weight is 269 g/mol. The fraction of sp³-hybridized carbons (Fsp3) is 0.267. The summed E-state index contributed by atoms with van der Waals surface area (Å²) in [6.07, 6.45) is 6.97. The quantitative estimate of drug-likeness (QED) is 0.921. The van der Waals surface area contributed by atoms with Crippen LogP contribution in [0.2, 0.25) is 0 Å². The smallest absolute Gasteiger partial charge is 0.276 e. The van der Waals surface area contributed by atoms with Crippen LogP contribution in [0.5, 0.6) is 5.75 Å². The van der Waals surface area contributed by atoms with Crippen LogP contribution >= 0.6 is 0 Å². The summed E-state index contributed by atoms with van der Waals surface area (Å²) < 4.78 is 0. The fourth-order valence-corrected chi connectivity index (χ4v) is 2.14. The first-order valence-electron chi connectivity index (χ1n) is 6.59. The van der Waals surface area contributed by atoms with Crippen LogP contribution in [0, 0.1) is 0 Å². The van der Waals surface area contributed by atoms with E-state index in [1.54, 1.807) is 23.4 Å². The number of nitrogens with zero attached hydrogens (tertiary/aromatic N) is 3. The zero-order valence-electron chi connectivity index (χ0n) is 10.9. The van der Waals surface area contributed by atoms with Crippen LogP contribution < -0.4 is 0 Å². The molecule has 0 bridgehead atoms. The van der Waals surface area contributed by atoms with Gasteiger partial charge in [0.25, 0.3) is 5.91 Å². The highest BCUT2D eigenvalue weighted by Gasteiger charge is 2.34. The van der Waals surface area contributed by atoms with Crippen LogP contribution in [0.15, 0.2) is 42.9 Å². The van der Waals surface area contributed by atoms with Crippen LogP contribution in [0.4, 0.5) is 0 Å². The van der Waals surface area contributed by atoms with Gasteiger partial charge in [-0.1, -0.05) is 6.07 Å². The van der Waals surface area contributed by atoms with E-state index in [0.717, 1.165) is 18.4 Å². The minimum Gasteiger partial charge on any atom is -0.505 e. The van der Waals surface area contributed by atoms with Gasteiger partial charge in [0.1, 0.15) is 5.75 Å². The van der Waals surface area contributed by atoms with Gasteiger partial charge in [0, 0.05) is 31.2 Å². The van der Waals surface area contributed by atoms with Crippen molar-refractivity contribution in [3.05, 3.63) is 54.1 Å². The summed E-state index contributed by atoms with van der Waals surface area (Å²) in [5.74, 6) is -0.302. The van der Waals surface area contributed by atoms with Gasteiger partial charge in [-0.15, -0.1) is 0 Å². The topological polar surface area (TPSA) is 66.3 Å². The number of amides is 1. The van der Waals surface area contributed by atoms with Crippen LogP contribution in [0.25, 0.3) is 0 Å². The second kappa shape index (κ2) is 5.28. The Balaban J connectivity index is 1.84. The molecule has 5 nitrogen and oxygen atoms in total. The van der Waals surface area contributed by atoms with Crippen LogP contribution in [0.1, 0.15) is 28.9 Å². The second-order valence-corrected chi connectivity index (χ2v) is 4.90. The van der Waals surface area contributed by atoms with E-state index >= 15 is 0 Å². The van der Waals surface area contributed by atoms with E-state index in [-0.39, 0.29) is 23.4 Å². The predicted octanol–water partition coefficient (Wildman–Crippen LogP) is 1.99. The Morgan fingerprint density at radius 2 is 2.10 bits per heavy atom.